The molecule has 1 heterocycles. The molecule has 0 amide bonds. The Bertz CT molecular complexity index is 358. The number of nitrogens with zero attached hydrogens (tertiary/aromatic N) is 1. The second-order valence-corrected chi connectivity index (χ2v) is 5.64. The highest BCUT2D eigenvalue weighted by atomic mass is 32.2. The number of sulfone groups is 1. The van der Waals surface area contributed by atoms with Crippen LogP contribution in [-0.4, -0.2) is 36.4 Å². The number of rotatable bonds is 5. The van der Waals surface area contributed by atoms with Crippen molar-refractivity contribution in [2.75, 3.05) is 12.0 Å². The van der Waals surface area contributed by atoms with E-state index < -0.39 is 9.84 Å². The highest BCUT2D eigenvalue weighted by Crippen LogP contribution is 1.94. The Morgan fingerprint density at radius 2 is 2.36 bits per heavy atom. The summed E-state index contributed by atoms with van der Waals surface area (Å²) in [6.45, 7) is 2.45. The first kappa shape index (κ1) is 11.2. The van der Waals surface area contributed by atoms with Gasteiger partial charge in [0, 0.05) is 30.7 Å². The van der Waals surface area contributed by atoms with Crippen molar-refractivity contribution in [2.24, 2.45) is 0 Å². The smallest absolute Gasteiger partial charge is 0.148 e. The van der Waals surface area contributed by atoms with E-state index >= 15 is 0 Å². The Balaban J connectivity index is 2.32. The van der Waals surface area contributed by atoms with E-state index in [0.29, 0.717) is 6.54 Å². The molecule has 0 aromatic carbocycles. The summed E-state index contributed by atoms with van der Waals surface area (Å²) in [5.74, 6) is 0.154. The molecular weight excluding hydrogens is 202 g/mol. The summed E-state index contributed by atoms with van der Waals surface area (Å²) in [6.07, 6.45) is 4.54. The monoisotopic (exact) mass is 217 g/mol. The lowest BCUT2D eigenvalue weighted by Gasteiger charge is -2.11. The minimum atomic E-state index is -2.90. The molecule has 80 valence electrons. The summed E-state index contributed by atoms with van der Waals surface area (Å²) < 4.78 is 21.9. The summed E-state index contributed by atoms with van der Waals surface area (Å²) in [5, 5.41) is 3.09. The van der Waals surface area contributed by atoms with Crippen LogP contribution in [0.5, 0.6) is 0 Å². The van der Waals surface area contributed by atoms with Crippen LogP contribution < -0.4 is 5.32 Å². The molecule has 1 atom stereocenters. The van der Waals surface area contributed by atoms with Gasteiger partial charge in [0.25, 0.3) is 0 Å². The number of hydrogen-bond donors (Lipinski definition) is 2. The number of imidazole rings is 1. The highest BCUT2D eigenvalue weighted by molar-refractivity contribution is 7.90. The summed E-state index contributed by atoms with van der Waals surface area (Å²) >= 11 is 0. The van der Waals surface area contributed by atoms with Crippen molar-refractivity contribution < 1.29 is 8.42 Å². The molecule has 14 heavy (non-hydrogen) atoms. The maximum Gasteiger partial charge on any atom is 0.148 e. The van der Waals surface area contributed by atoms with Crippen molar-refractivity contribution in [1.82, 2.24) is 15.3 Å². The Morgan fingerprint density at radius 3 is 2.86 bits per heavy atom. The van der Waals surface area contributed by atoms with Crippen molar-refractivity contribution >= 4 is 9.84 Å². The number of nitrogens with one attached hydrogen (secondary N) is 2. The van der Waals surface area contributed by atoms with E-state index in [1.165, 1.54) is 6.26 Å². The van der Waals surface area contributed by atoms with Gasteiger partial charge >= 0.3 is 0 Å². The van der Waals surface area contributed by atoms with Gasteiger partial charge < -0.3 is 10.3 Å². The average Bonchev–Trinajstić information content (AvgIpc) is 2.49. The van der Waals surface area contributed by atoms with Crippen LogP contribution in [0.2, 0.25) is 0 Å². The molecule has 0 aliphatic rings. The predicted molar refractivity (Wildman–Crippen MR) is 54.6 cm³/mol. The Hall–Kier alpha value is -0.880. The molecule has 1 rings (SSSR count). The molecule has 0 radical (unpaired) electrons. The summed E-state index contributed by atoms with van der Waals surface area (Å²) in [4.78, 5) is 6.79. The van der Waals surface area contributed by atoms with Gasteiger partial charge in [-0.15, -0.1) is 0 Å². The minimum absolute atomic E-state index is 0.0479. The SMILES string of the molecule is CC(CS(C)(=O)=O)NCc1cnc[nH]1. The van der Waals surface area contributed by atoms with E-state index in [1.54, 1.807) is 12.5 Å². The normalized spacial score (nSPS) is 14.1. The maximum atomic E-state index is 10.9. The Labute approximate surface area is 83.9 Å². The van der Waals surface area contributed by atoms with Gasteiger partial charge in [-0.1, -0.05) is 0 Å². The Kier molecular flexibility index (Phi) is 3.65. The number of H-pyrrole nitrogens is 1. The first-order chi connectivity index (χ1) is 6.47. The molecule has 0 saturated carbocycles. The quantitative estimate of drug-likeness (QED) is 0.724. The van der Waals surface area contributed by atoms with Crippen LogP contribution in [0.15, 0.2) is 12.5 Å². The van der Waals surface area contributed by atoms with Crippen molar-refractivity contribution in [3.63, 3.8) is 0 Å². The second-order valence-electron chi connectivity index (χ2n) is 3.45. The summed E-state index contributed by atoms with van der Waals surface area (Å²) in [5.41, 5.74) is 0.949. The van der Waals surface area contributed by atoms with Crippen LogP contribution in [0.25, 0.3) is 0 Å². The number of aromatic amines is 1. The van der Waals surface area contributed by atoms with E-state index in [9.17, 15) is 8.42 Å². The molecule has 0 fully saturated rings. The molecule has 0 saturated heterocycles. The largest absolute Gasteiger partial charge is 0.347 e. The Morgan fingerprint density at radius 1 is 1.64 bits per heavy atom. The number of hydrogen-bond acceptors (Lipinski definition) is 4. The van der Waals surface area contributed by atoms with Gasteiger partial charge in [0.2, 0.25) is 0 Å². The summed E-state index contributed by atoms with van der Waals surface area (Å²) in [7, 11) is -2.90. The fraction of sp³-hybridized carbons (Fsp3) is 0.625. The molecule has 0 bridgehead atoms. The standard InChI is InChI=1S/C8H15N3O2S/c1-7(5-14(2,12)13)10-4-8-3-9-6-11-8/h3,6-7,10H,4-5H2,1-2H3,(H,9,11). The molecule has 6 heteroatoms. The third-order valence-electron chi connectivity index (χ3n) is 1.75. The van der Waals surface area contributed by atoms with Gasteiger partial charge in [0.1, 0.15) is 9.84 Å². The third kappa shape index (κ3) is 4.38. The van der Waals surface area contributed by atoms with Gasteiger partial charge in [-0.05, 0) is 6.92 Å². The topological polar surface area (TPSA) is 74.8 Å². The molecule has 2 N–H and O–H groups in total. The minimum Gasteiger partial charge on any atom is -0.347 e. The van der Waals surface area contributed by atoms with Gasteiger partial charge in [0.05, 0.1) is 12.1 Å². The lowest BCUT2D eigenvalue weighted by atomic mass is 10.3. The van der Waals surface area contributed by atoms with Gasteiger partial charge in [-0.2, -0.15) is 0 Å². The van der Waals surface area contributed by atoms with E-state index in [0.717, 1.165) is 5.69 Å². The number of aromatic nitrogens is 2. The fourth-order valence-electron chi connectivity index (χ4n) is 1.18. The zero-order valence-corrected chi connectivity index (χ0v) is 9.13. The second kappa shape index (κ2) is 4.56. The lowest BCUT2D eigenvalue weighted by Crippen LogP contribution is -2.32. The molecule has 1 aromatic heterocycles. The van der Waals surface area contributed by atoms with Crippen LogP contribution in [0.4, 0.5) is 0 Å². The van der Waals surface area contributed by atoms with E-state index in [-0.39, 0.29) is 11.8 Å². The van der Waals surface area contributed by atoms with Gasteiger partial charge in [0.15, 0.2) is 0 Å². The van der Waals surface area contributed by atoms with Crippen molar-refractivity contribution in [2.45, 2.75) is 19.5 Å². The molecule has 0 spiro atoms. The lowest BCUT2D eigenvalue weighted by molar-refractivity contribution is 0.557. The molecule has 0 aliphatic carbocycles. The van der Waals surface area contributed by atoms with E-state index in [4.69, 9.17) is 0 Å². The van der Waals surface area contributed by atoms with Crippen molar-refractivity contribution in [3.8, 4) is 0 Å². The van der Waals surface area contributed by atoms with Crippen LogP contribution in [0, 0.1) is 0 Å². The van der Waals surface area contributed by atoms with Gasteiger partial charge in [-0.3, -0.25) is 0 Å². The maximum absolute atomic E-state index is 10.9. The zero-order chi connectivity index (χ0) is 10.6. The molecule has 1 aromatic rings. The fourth-order valence-corrected chi connectivity index (χ4v) is 2.20. The van der Waals surface area contributed by atoms with Crippen LogP contribution in [0.1, 0.15) is 12.6 Å². The first-order valence-electron chi connectivity index (χ1n) is 4.36. The highest BCUT2D eigenvalue weighted by Gasteiger charge is 2.09. The van der Waals surface area contributed by atoms with E-state index in [2.05, 4.69) is 15.3 Å². The molecular formula is C8H15N3O2S. The summed E-state index contributed by atoms with van der Waals surface area (Å²) in [6, 6.07) is -0.0479. The third-order valence-corrected chi connectivity index (χ3v) is 2.85. The van der Waals surface area contributed by atoms with Crippen molar-refractivity contribution in [1.29, 1.82) is 0 Å². The molecule has 5 nitrogen and oxygen atoms in total. The molecule has 0 aliphatic heterocycles. The molecule has 1 unspecified atom stereocenters. The average molecular weight is 217 g/mol. The van der Waals surface area contributed by atoms with Crippen LogP contribution in [-0.2, 0) is 16.4 Å². The van der Waals surface area contributed by atoms with E-state index in [1.807, 2.05) is 6.92 Å². The zero-order valence-electron chi connectivity index (χ0n) is 8.32. The predicted octanol–water partition coefficient (Wildman–Crippen LogP) is -0.0676. The van der Waals surface area contributed by atoms with Crippen LogP contribution >= 0.6 is 0 Å². The van der Waals surface area contributed by atoms with Gasteiger partial charge in [-0.25, -0.2) is 13.4 Å². The first-order valence-corrected chi connectivity index (χ1v) is 6.42. The van der Waals surface area contributed by atoms with Crippen molar-refractivity contribution in [3.05, 3.63) is 18.2 Å². The van der Waals surface area contributed by atoms with Crippen LogP contribution in [0.3, 0.4) is 0 Å².